The molecule has 3 aliphatic rings. The van der Waals surface area contributed by atoms with E-state index < -0.39 is 10.0 Å². The van der Waals surface area contributed by atoms with E-state index in [4.69, 9.17) is 23.2 Å². The molecule has 32 heavy (non-hydrogen) atoms. The Hall–Kier alpha value is -1.76. The van der Waals surface area contributed by atoms with Gasteiger partial charge >= 0.3 is 0 Å². The van der Waals surface area contributed by atoms with E-state index >= 15 is 0 Å². The predicted molar refractivity (Wildman–Crippen MR) is 127 cm³/mol. The zero-order valence-electron chi connectivity index (χ0n) is 17.8. The minimum Gasteiger partial charge on any atom is -0.335 e. The second-order valence-electron chi connectivity index (χ2n) is 9.00. The van der Waals surface area contributed by atoms with Gasteiger partial charge in [-0.05, 0) is 80.0 Å². The van der Waals surface area contributed by atoms with E-state index in [1.54, 1.807) is 12.1 Å². The highest BCUT2D eigenvalue weighted by Crippen LogP contribution is 2.38. The van der Waals surface area contributed by atoms with Gasteiger partial charge in [-0.2, -0.15) is 0 Å². The van der Waals surface area contributed by atoms with Gasteiger partial charge < -0.3 is 4.90 Å². The third kappa shape index (κ3) is 3.80. The molecule has 1 saturated carbocycles. The van der Waals surface area contributed by atoms with Crippen LogP contribution in [0.1, 0.15) is 54.4 Å². The van der Waals surface area contributed by atoms with E-state index in [2.05, 4.69) is 4.90 Å². The standard InChI is InChI=1S/C24H26Cl2N2O3S/c25-19-8-10-23(20(26)15-19)32(30,31)28-13-11-17-14-18(7-9-22(17)28)24(29)27-12-3-5-16-4-1-2-6-21(16)27/h7-10,14-16,21H,1-6,11-13H2/t16-,21-/m1/s1. The van der Waals surface area contributed by atoms with Crippen molar-refractivity contribution in [1.82, 2.24) is 4.90 Å². The summed E-state index contributed by atoms with van der Waals surface area (Å²) in [5.41, 5.74) is 2.14. The van der Waals surface area contributed by atoms with E-state index in [1.807, 2.05) is 6.07 Å². The summed E-state index contributed by atoms with van der Waals surface area (Å²) in [5.74, 6) is 0.701. The number of sulfonamides is 1. The number of benzene rings is 2. The lowest BCUT2D eigenvalue weighted by Gasteiger charge is -2.44. The number of piperidine rings is 1. The highest BCUT2D eigenvalue weighted by molar-refractivity contribution is 7.93. The minimum absolute atomic E-state index is 0.0354. The Kier molecular flexibility index (Phi) is 5.89. The van der Waals surface area contributed by atoms with Gasteiger partial charge in [0.25, 0.3) is 15.9 Å². The van der Waals surface area contributed by atoms with Crippen LogP contribution in [-0.4, -0.2) is 38.4 Å². The second-order valence-corrected chi connectivity index (χ2v) is 11.7. The molecular weight excluding hydrogens is 467 g/mol. The molecule has 0 unspecified atom stereocenters. The molecule has 170 valence electrons. The molecule has 0 aromatic heterocycles. The SMILES string of the molecule is O=C(c1ccc2c(c1)CCN2S(=O)(=O)c1ccc(Cl)cc1Cl)N1CCC[C@H]2CCCC[C@H]21. The van der Waals surface area contributed by atoms with Crippen LogP contribution in [-0.2, 0) is 16.4 Å². The topological polar surface area (TPSA) is 57.7 Å². The first-order valence-electron chi connectivity index (χ1n) is 11.3. The molecule has 0 spiro atoms. The van der Waals surface area contributed by atoms with Gasteiger partial charge in [0.2, 0.25) is 0 Å². The number of likely N-dealkylation sites (tertiary alicyclic amines) is 1. The number of nitrogens with zero attached hydrogens (tertiary/aromatic N) is 2. The highest BCUT2D eigenvalue weighted by atomic mass is 35.5. The molecule has 5 rings (SSSR count). The Morgan fingerprint density at radius 3 is 2.53 bits per heavy atom. The number of halogens is 2. The molecule has 0 radical (unpaired) electrons. The van der Waals surface area contributed by atoms with Crippen LogP contribution >= 0.6 is 23.2 Å². The lowest BCUT2D eigenvalue weighted by molar-refractivity contribution is 0.0390. The Labute approximate surface area is 199 Å². The van der Waals surface area contributed by atoms with E-state index in [0.29, 0.717) is 41.2 Å². The van der Waals surface area contributed by atoms with Crippen molar-refractivity contribution >= 4 is 44.8 Å². The summed E-state index contributed by atoms with van der Waals surface area (Å²) in [6.45, 7) is 1.13. The van der Waals surface area contributed by atoms with Gasteiger partial charge in [0.1, 0.15) is 4.90 Å². The van der Waals surface area contributed by atoms with Crippen LogP contribution in [0.25, 0.3) is 0 Å². The zero-order valence-corrected chi connectivity index (χ0v) is 20.1. The Bertz CT molecular complexity index is 1170. The van der Waals surface area contributed by atoms with Crippen molar-refractivity contribution in [2.75, 3.05) is 17.4 Å². The molecule has 2 aromatic rings. The maximum absolute atomic E-state index is 13.4. The number of carbonyl (C=O) groups excluding carboxylic acids is 1. The minimum atomic E-state index is -3.82. The number of carbonyl (C=O) groups is 1. The molecule has 2 fully saturated rings. The first-order chi connectivity index (χ1) is 15.4. The van der Waals surface area contributed by atoms with Crippen molar-refractivity contribution in [3.8, 4) is 0 Å². The molecule has 1 aliphatic carbocycles. The number of hydrogen-bond donors (Lipinski definition) is 0. The summed E-state index contributed by atoms with van der Waals surface area (Å²) in [6.07, 6.45) is 7.62. The summed E-state index contributed by atoms with van der Waals surface area (Å²) in [6, 6.07) is 10.2. The lowest BCUT2D eigenvalue weighted by atomic mass is 9.78. The smallest absolute Gasteiger partial charge is 0.265 e. The third-order valence-electron chi connectivity index (χ3n) is 7.15. The van der Waals surface area contributed by atoms with Crippen LogP contribution in [0.4, 0.5) is 5.69 Å². The van der Waals surface area contributed by atoms with E-state index in [9.17, 15) is 13.2 Å². The molecule has 0 bridgehead atoms. The van der Waals surface area contributed by atoms with Crippen LogP contribution in [0, 0.1) is 5.92 Å². The molecule has 2 heterocycles. The van der Waals surface area contributed by atoms with Crippen molar-refractivity contribution < 1.29 is 13.2 Å². The number of amides is 1. The van der Waals surface area contributed by atoms with Crippen molar-refractivity contribution in [1.29, 1.82) is 0 Å². The predicted octanol–water partition coefficient (Wildman–Crippen LogP) is 5.54. The highest BCUT2D eigenvalue weighted by Gasteiger charge is 2.37. The van der Waals surface area contributed by atoms with Crippen LogP contribution in [0.2, 0.25) is 10.0 Å². The average molecular weight is 493 g/mol. The average Bonchev–Trinajstić information content (AvgIpc) is 3.22. The molecule has 5 nitrogen and oxygen atoms in total. The molecule has 0 N–H and O–H groups in total. The largest absolute Gasteiger partial charge is 0.335 e. The zero-order chi connectivity index (χ0) is 22.5. The fraction of sp³-hybridized carbons (Fsp3) is 0.458. The Morgan fingerprint density at radius 2 is 1.72 bits per heavy atom. The molecule has 1 amide bonds. The first-order valence-corrected chi connectivity index (χ1v) is 13.5. The van der Waals surface area contributed by atoms with Gasteiger partial charge in [0.05, 0.1) is 10.7 Å². The molecule has 2 aromatic carbocycles. The fourth-order valence-electron chi connectivity index (χ4n) is 5.60. The Morgan fingerprint density at radius 1 is 0.938 bits per heavy atom. The van der Waals surface area contributed by atoms with Gasteiger partial charge in [-0.15, -0.1) is 0 Å². The maximum atomic E-state index is 13.4. The van der Waals surface area contributed by atoms with Crippen LogP contribution in [0.5, 0.6) is 0 Å². The summed E-state index contributed by atoms with van der Waals surface area (Å²) < 4.78 is 27.9. The molecule has 2 atom stereocenters. The summed E-state index contributed by atoms with van der Waals surface area (Å²) in [5, 5.41) is 0.488. The monoisotopic (exact) mass is 492 g/mol. The quantitative estimate of drug-likeness (QED) is 0.564. The molecular formula is C24H26Cl2N2O3S. The van der Waals surface area contributed by atoms with Crippen molar-refractivity contribution in [3.05, 3.63) is 57.6 Å². The van der Waals surface area contributed by atoms with Gasteiger partial charge in [0, 0.05) is 29.7 Å². The molecule has 2 aliphatic heterocycles. The number of rotatable bonds is 3. The Balaban J connectivity index is 1.42. The maximum Gasteiger partial charge on any atom is 0.265 e. The van der Waals surface area contributed by atoms with Crippen LogP contribution in [0.3, 0.4) is 0 Å². The van der Waals surface area contributed by atoms with Gasteiger partial charge in [-0.1, -0.05) is 36.0 Å². The van der Waals surface area contributed by atoms with Crippen molar-refractivity contribution in [3.63, 3.8) is 0 Å². The van der Waals surface area contributed by atoms with E-state index in [-0.39, 0.29) is 15.8 Å². The summed E-state index contributed by atoms with van der Waals surface area (Å²) >= 11 is 12.1. The molecule has 1 saturated heterocycles. The third-order valence-corrected chi connectivity index (χ3v) is 9.68. The van der Waals surface area contributed by atoms with Crippen molar-refractivity contribution in [2.45, 2.75) is 55.9 Å². The number of fused-ring (bicyclic) bond motifs is 2. The van der Waals surface area contributed by atoms with Gasteiger partial charge in [-0.3, -0.25) is 9.10 Å². The van der Waals surface area contributed by atoms with Crippen molar-refractivity contribution in [2.24, 2.45) is 5.92 Å². The van der Waals surface area contributed by atoms with Crippen LogP contribution in [0.15, 0.2) is 41.3 Å². The van der Waals surface area contributed by atoms with Gasteiger partial charge in [-0.25, -0.2) is 8.42 Å². The number of hydrogen-bond acceptors (Lipinski definition) is 3. The lowest BCUT2D eigenvalue weighted by Crippen LogP contribution is -2.49. The van der Waals surface area contributed by atoms with E-state index in [0.717, 1.165) is 24.9 Å². The fourth-order valence-corrected chi connectivity index (χ4v) is 7.85. The second kappa shape index (κ2) is 8.54. The van der Waals surface area contributed by atoms with Gasteiger partial charge in [0.15, 0.2) is 0 Å². The number of anilines is 1. The normalized spacial score (nSPS) is 23.1. The summed E-state index contributed by atoms with van der Waals surface area (Å²) in [7, 11) is -3.82. The first kappa shape index (κ1) is 22.1. The molecule has 8 heteroatoms. The summed E-state index contributed by atoms with van der Waals surface area (Å²) in [4.78, 5) is 15.5. The van der Waals surface area contributed by atoms with Crippen LogP contribution < -0.4 is 4.31 Å². The van der Waals surface area contributed by atoms with E-state index in [1.165, 1.54) is 48.2 Å².